The molecule has 10 heteroatoms. The number of aromatic nitrogens is 5. The maximum Gasteiger partial charge on any atom is 0.278 e. The minimum Gasteiger partial charge on any atom is -0.469 e. The van der Waals surface area contributed by atoms with Gasteiger partial charge in [0.2, 0.25) is 11.8 Å². The predicted molar refractivity (Wildman–Crippen MR) is 127 cm³/mol. The van der Waals surface area contributed by atoms with Gasteiger partial charge < -0.3 is 20.1 Å². The van der Waals surface area contributed by atoms with E-state index in [2.05, 4.69) is 32.7 Å². The second-order valence-corrected chi connectivity index (χ2v) is 8.43. The summed E-state index contributed by atoms with van der Waals surface area (Å²) in [6.07, 6.45) is 4.25. The van der Waals surface area contributed by atoms with Crippen molar-refractivity contribution in [1.29, 1.82) is 0 Å². The van der Waals surface area contributed by atoms with Crippen molar-refractivity contribution in [2.24, 2.45) is 0 Å². The predicted octanol–water partition coefficient (Wildman–Crippen LogP) is 2.16. The lowest BCUT2D eigenvalue weighted by molar-refractivity contribution is -0.0813. The number of benzene rings is 1. The van der Waals surface area contributed by atoms with Crippen LogP contribution in [0.15, 0.2) is 47.5 Å². The Morgan fingerprint density at radius 2 is 2.12 bits per heavy atom. The molecule has 2 N–H and O–H groups in total. The number of ether oxygens (including phenoxy) is 2. The van der Waals surface area contributed by atoms with E-state index in [1.807, 2.05) is 25.1 Å². The molecule has 1 fully saturated rings. The molecule has 0 spiro atoms. The van der Waals surface area contributed by atoms with Crippen LogP contribution in [0.1, 0.15) is 18.1 Å². The fourth-order valence-corrected chi connectivity index (χ4v) is 4.37. The van der Waals surface area contributed by atoms with Crippen LogP contribution >= 0.6 is 0 Å². The van der Waals surface area contributed by atoms with Gasteiger partial charge in [0.15, 0.2) is 5.65 Å². The van der Waals surface area contributed by atoms with Gasteiger partial charge in [-0.1, -0.05) is 6.07 Å². The van der Waals surface area contributed by atoms with Crippen LogP contribution < -0.4 is 20.9 Å². The van der Waals surface area contributed by atoms with Crippen LogP contribution in [0.4, 0.5) is 11.6 Å². The van der Waals surface area contributed by atoms with E-state index in [4.69, 9.17) is 14.5 Å². The van der Waals surface area contributed by atoms with Crippen molar-refractivity contribution in [1.82, 2.24) is 29.6 Å². The summed E-state index contributed by atoms with van der Waals surface area (Å²) in [7, 11) is 0. The molecule has 5 heterocycles. The smallest absolute Gasteiger partial charge is 0.278 e. The zero-order valence-corrected chi connectivity index (χ0v) is 18.8. The second-order valence-electron chi connectivity index (χ2n) is 8.43. The van der Waals surface area contributed by atoms with E-state index < -0.39 is 0 Å². The summed E-state index contributed by atoms with van der Waals surface area (Å²) in [6.45, 7) is 5.38. The lowest BCUT2D eigenvalue weighted by Crippen LogP contribution is -2.38. The average Bonchev–Trinajstić information content (AvgIpc) is 3.12. The Morgan fingerprint density at radius 1 is 1.21 bits per heavy atom. The fourth-order valence-electron chi connectivity index (χ4n) is 4.37. The molecule has 10 nitrogen and oxygen atoms in total. The molecule has 3 aromatic heterocycles. The highest BCUT2D eigenvalue weighted by atomic mass is 16.6. The monoisotopic (exact) mass is 459 g/mol. The highest BCUT2D eigenvalue weighted by Crippen LogP contribution is 2.24. The Kier molecular flexibility index (Phi) is 5.23. The molecule has 34 heavy (non-hydrogen) atoms. The molecule has 0 atom stereocenters. The van der Waals surface area contributed by atoms with E-state index in [9.17, 15) is 4.79 Å². The maximum atomic E-state index is 13.1. The van der Waals surface area contributed by atoms with E-state index in [-0.39, 0.29) is 11.7 Å². The molecule has 0 bridgehead atoms. The van der Waals surface area contributed by atoms with E-state index in [1.165, 1.54) is 11.1 Å². The molecule has 174 valence electrons. The second kappa shape index (κ2) is 8.54. The third-order valence-electron chi connectivity index (χ3n) is 6.18. The molecule has 0 amide bonds. The van der Waals surface area contributed by atoms with Crippen LogP contribution in [0.5, 0.6) is 5.88 Å². The summed E-state index contributed by atoms with van der Waals surface area (Å²) in [4.78, 5) is 26.5. The normalized spacial score (nSPS) is 15.7. The zero-order chi connectivity index (χ0) is 23.1. The maximum absolute atomic E-state index is 13.1. The quantitative estimate of drug-likeness (QED) is 0.452. The minimum absolute atomic E-state index is 0.00283. The number of nitrogens with one attached hydrogen (secondary N) is 2. The first-order valence-electron chi connectivity index (χ1n) is 11.5. The van der Waals surface area contributed by atoms with Gasteiger partial charge in [-0.3, -0.25) is 4.79 Å². The van der Waals surface area contributed by atoms with E-state index in [1.54, 1.807) is 21.8 Å². The van der Waals surface area contributed by atoms with Crippen LogP contribution in [0, 0.1) is 0 Å². The van der Waals surface area contributed by atoms with Gasteiger partial charge in [-0.05, 0) is 49.2 Å². The summed E-state index contributed by atoms with van der Waals surface area (Å²) in [5.74, 6) is 0.916. The van der Waals surface area contributed by atoms with Gasteiger partial charge in [0, 0.05) is 37.2 Å². The third kappa shape index (κ3) is 3.70. The molecule has 0 saturated carbocycles. The Labute approximate surface area is 195 Å². The number of nitrogens with zero attached hydrogens (tertiary/aromatic N) is 5. The summed E-state index contributed by atoms with van der Waals surface area (Å²) >= 11 is 0. The van der Waals surface area contributed by atoms with Crippen molar-refractivity contribution in [2.45, 2.75) is 32.5 Å². The SMILES string of the molecule is CCn1c(=O)c2cnc(Nc3ccc4c(c3)CCNC4)nc2n1-c1ccnc(OC2COC2)c1. The van der Waals surface area contributed by atoms with Gasteiger partial charge in [-0.25, -0.2) is 19.3 Å². The largest absolute Gasteiger partial charge is 0.469 e. The van der Waals surface area contributed by atoms with Crippen molar-refractivity contribution < 1.29 is 9.47 Å². The summed E-state index contributed by atoms with van der Waals surface area (Å²) < 4.78 is 14.5. The third-order valence-corrected chi connectivity index (χ3v) is 6.18. The molecule has 1 saturated heterocycles. The van der Waals surface area contributed by atoms with E-state index >= 15 is 0 Å². The first-order valence-corrected chi connectivity index (χ1v) is 11.5. The Balaban J connectivity index is 1.39. The van der Waals surface area contributed by atoms with E-state index in [0.717, 1.165) is 30.9 Å². The Morgan fingerprint density at radius 3 is 2.94 bits per heavy atom. The number of pyridine rings is 1. The minimum atomic E-state index is -0.142. The van der Waals surface area contributed by atoms with Crippen LogP contribution in [-0.4, -0.2) is 50.2 Å². The molecule has 0 radical (unpaired) electrons. The first-order chi connectivity index (χ1) is 16.7. The number of fused-ring (bicyclic) bond motifs is 2. The van der Waals surface area contributed by atoms with Crippen molar-refractivity contribution in [2.75, 3.05) is 25.1 Å². The van der Waals surface area contributed by atoms with Crippen molar-refractivity contribution in [3.05, 3.63) is 64.2 Å². The summed E-state index contributed by atoms with van der Waals surface area (Å²) in [5, 5.41) is 7.15. The van der Waals surface area contributed by atoms with Crippen molar-refractivity contribution in [3.8, 4) is 11.6 Å². The van der Waals surface area contributed by atoms with Crippen LogP contribution in [0.3, 0.4) is 0 Å². The highest BCUT2D eigenvalue weighted by molar-refractivity contribution is 5.77. The molecule has 2 aliphatic rings. The molecule has 0 unspecified atom stereocenters. The topological polar surface area (TPSA) is 108 Å². The first kappa shape index (κ1) is 20.8. The number of hydrogen-bond acceptors (Lipinski definition) is 8. The lowest BCUT2D eigenvalue weighted by Gasteiger charge is -2.26. The number of hydrogen-bond donors (Lipinski definition) is 2. The molecule has 2 aliphatic heterocycles. The summed E-state index contributed by atoms with van der Waals surface area (Å²) in [6, 6.07) is 9.94. The van der Waals surface area contributed by atoms with Gasteiger partial charge in [0.1, 0.15) is 11.5 Å². The average molecular weight is 460 g/mol. The van der Waals surface area contributed by atoms with Crippen molar-refractivity contribution >= 4 is 22.7 Å². The Bertz CT molecular complexity index is 1420. The van der Waals surface area contributed by atoms with Crippen LogP contribution in [-0.2, 0) is 24.2 Å². The van der Waals surface area contributed by atoms with Crippen molar-refractivity contribution in [3.63, 3.8) is 0 Å². The molecular weight excluding hydrogens is 434 g/mol. The molecule has 0 aliphatic carbocycles. The zero-order valence-electron chi connectivity index (χ0n) is 18.8. The number of rotatable bonds is 6. The molecule has 6 rings (SSSR count). The Hall–Kier alpha value is -3.76. The highest BCUT2D eigenvalue weighted by Gasteiger charge is 2.22. The van der Waals surface area contributed by atoms with Gasteiger partial charge in [-0.15, -0.1) is 0 Å². The molecule has 4 aromatic rings. The van der Waals surface area contributed by atoms with Crippen LogP contribution in [0.2, 0.25) is 0 Å². The standard InChI is InChI=1S/C24H25N7O3/c1-2-30-23(32)20-12-27-24(28-17-4-3-16-11-25-7-5-15(16)9-17)29-22(20)31(30)18-6-8-26-21(10-18)34-19-13-33-14-19/h3-4,6,8-10,12,19,25H,2,5,7,11,13-14H2,1H3,(H,27,28,29). The lowest BCUT2D eigenvalue weighted by atomic mass is 10.0. The number of anilines is 2. The van der Waals surface area contributed by atoms with Gasteiger partial charge >= 0.3 is 0 Å². The van der Waals surface area contributed by atoms with Crippen LogP contribution in [0.25, 0.3) is 16.7 Å². The molecule has 1 aromatic carbocycles. The fraction of sp³-hybridized carbons (Fsp3) is 0.333. The van der Waals surface area contributed by atoms with Gasteiger partial charge in [0.05, 0.1) is 18.9 Å². The molecular formula is C24H25N7O3. The van der Waals surface area contributed by atoms with E-state index in [0.29, 0.717) is 42.6 Å². The van der Waals surface area contributed by atoms with Gasteiger partial charge in [0.25, 0.3) is 5.56 Å². The van der Waals surface area contributed by atoms with Gasteiger partial charge in [-0.2, -0.15) is 4.98 Å². The summed E-state index contributed by atoms with van der Waals surface area (Å²) in [5.41, 5.74) is 4.68.